The second-order valence-electron chi connectivity index (χ2n) is 7.79. The number of ketones is 1. The third-order valence-electron chi connectivity index (χ3n) is 5.19. The largest absolute Gasteiger partial charge is 0.480 e. The monoisotopic (exact) mass is 485 g/mol. The Bertz CT molecular complexity index is 982. The van der Waals surface area contributed by atoms with Crippen LogP contribution < -0.4 is 22.3 Å². The van der Waals surface area contributed by atoms with Gasteiger partial charge in [-0.1, -0.05) is 60.7 Å². The third kappa shape index (κ3) is 9.82. The van der Waals surface area contributed by atoms with Crippen molar-refractivity contribution in [1.82, 2.24) is 10.9 Å². The molecule has 0 aliphatic carbocycles. The van der Waals surface area contributed by atoms with Crippen molar-refractivity contribution in [3.63, 3.8) is 0 Å². The van der Waals surface area contributed by atoms with E-state index in [9.17, 15) is 24.6 Å². The zero-order valence-electron chi connectivity index (χ0n) is 19.2. The van der Waals surface area contributed by atoms with Crippen molar-refractivity contribution in [2.75, 3.05) is 6.54 Å². The maximum absolute atomic E-state index is 13.0. The molecule has 1 amide bonds. The highest BCUT2D eigenvalue weighted by Gasteiger charge is 2.36. The van der Waals surface area contributed by atoms with Gasteiger partial charge >= 0.3 is 12.1 Å². The minimum Gasteiger partial charge on any atom is -0.480 e. The minimum absolute atomic E-state index is 0.0306. The number of benzene rings is 2. The highest BCUT2D eigenvalue weighted by atomic mass is 16.6. The van der Waals surface area contributed by atoms with Crippen LogP contribution in [0.15, 0.2) is 65.7 Å². The van der Waals surface area contributed by atoms with Gasteiger partial charge in [-0.05, 0) is 30.4 Å². The first-order valence-electron chi connectivity index (χ1n) is 11.0. The van der Waals surface area contributed by atoms with Gasteiger partial charge in [0.1, 0.15) is 18.8 Å². The number of carboxylic acids is 1. The topological polar surface area (TPSA) is 189 Å². The van der Waals surface area contributed by atoms with Gasteiger partial charge in [0, 0.05) is 12.5 Å². The van der Waals surface area contributed by atoms with Crippen LogP contribution in [0.1, 0.15) is 24.0 Å². The van der Waals surface area contributed by atoms with Crippen molar-refractivity contribution < 1.29 is 29.3 Å². The van der Waals surface area contributed by atoms with Crippen LogP contribution in [0, 0.1) is 5.92 Å². The summed E-state index contributed by atoms with van der Waals surface area (Å²) in [6.45, 7) is -0.0782. The normalized spacial score (nSPS) is 13.2. The lowest BCUT2D eigenvalue weighted by atomic mass is 9.87. The van der Waals surface area contributed by atoms with Crippen molar-refractivity contribution in [3.05, 3.63) is 71.8 Å². The van der Waals surface area contributed by atoms with Crippen LogP contribution in [0.25, 0.3) is 0 Å². The number of amides is 1. The molecule has 2 aromatic carbocycles. The molecular formula is C24H31N5O6. The van der Waals surface area contributed by atoms with Crippen LogP contribution in [0.5, 0.6) is 0 Å². The Balaban J connectivity index is 2.03. The summed E-state index contributed by atoms with van der Waals surface area (Å²) in [7, 11) is 0. The number of hydrazine groups is 1. The molecule has 0 aliphatic heterocycles. The van der Waals surface area contributed by atoms with Gasteiger partial charge in [0.05, 0.1) is 0 Å². The number of ether oxygens (including phenoxy) is 1. The van der Waals surface area contributed by atoms with E-state index in [1.54, 1.807) is 24.3 Å². The first-order valence-corrected chi connectivity index (χ1v) is 11.0. The van der Waals surface area contributed by atoms with Crippen molar-refractivity contribution in [1.29, 1.82) is 0 Å². The Labute approximate surface area is 203 Å². The molecule has 0 aromatic heterocycles. The molecule has 0 saturated carbocycles. The fraction of sp³-hybridized carbons (Fsp3) is 0.333. The van der Waals surface area contributed by atoms with E-state index in [4.69, 9.17) is 16.2 Å². The van der Waals surface area contributed by atoms with E-state index >= 15 is 0 Å². The van der Waals surface area contributed by atoms with E-state index in [2.05, 4.69) is 15.8 Å². The molecule has 188 valence electrons. The number of aliphatic carboxylic acids is 1. The number of carbonyl (C=O) groups is 3. The van der Waals surface area contributed by atoms with Gasteiger partial charge in [0.25, 0.3) is 0 Å². The van der Waals surface area contributed by atoms with Crippen molar-refractivity contribution in [3.8, 4) is 0 Å². The van der Waals surface area contributed by atoms with Gasteiger partial charge in [-0.25, -0.2) is 10.2 Å². The average Bonchev–Trinajstić information content (AvgIpc) is 2.85. The molecule has 0 bridgehead atoms. The molecule has 0 unspecified atom stereocenters. The molecule has 2 rings (SSSR count). The predicted molar refractivity (Wildman–Crippen MR) is 129 cm³/mol. The highest BCUT2D eigenvalue weighted by molar-refractivity contribution is 5.91. The van der Waals surface area contributed by atoms with Crippen LogP contribution in [0.3, 0.4) is 0 Å². The number of aliphatic imine (C=N–C) groups is 1. The number of hydrogen-bond donors (Lipinski definition) is 6. The lowest BCUT2D eigenvalue weighted by molar-refractivity contribution is -0.146. The quantitative estimate of drug-likeness (QED) is 0.127. The zero-order chi connectivity index (χ0) is 25.6. The Kier molecular flexibility index (Phi) is 11.2. The highest BCUT2D eigenvalue weighted by Crippen LogP contribution is 2.17. The Morgan fingerprint density at radius 1 is 0.943 bits per heavy atom. The molecule has 0 saturated heterocycles. The molecule has 35 heavy (non-hydrogen) atoms. The van der Waals surface area contributed by atoms with E-state index in [1.165, 1.54) is 0 Å². The smallest absolute Gasteiger partial charge is 0.421 e. The number of carboxylic acid groups (broad SMARTS) is 1. The number of rotatable bonds is 14. The lowest BCUT2D eigenvalue weighted by Gasteiger charge is -2.25. The zero-order valence-corrected chi connectivity index (χ0v) is 19.2. The van der Waals surface area contributed by atoms with Gasteiger partial charge in [-0.15, -0.1) is 0 Å². The summed E-state index contributed by atoms with van der Waals surface area (Å²) in [5.41, 5.74) is 16.8. The molecule has 8 N–H and O–H groups in total. The van der Waals surface area contributed by atoms with Crippen molar-refractivity contribution >= 4 is 23.8 Å². The van der Waals surface area contributed by atoms with Crippen molar-refractivity contribution in [2.24, 2.45) is 22.4 Å². The number of nitrogens with one attached hydrogen (secondary N) is 2. The summed E-state index contributed by atoms with van der Waals surface area (Å²) in [6.07, 6.45) is -1.92. The molecule has 0 heterocycles. The fourth-order valence-corrected chi connectivity index (χ4v) is 3.37. The van der Waals surface area contributed by atoms with E-state index in [0.29, 0.717) is 6.42 Å². The predicted octanol–water partition coefficient (Wildman–Crippen LogP) is 0.713. The van der Waals surface area contributed by atoms with Crippen LogP contribution in [0.4, 0.5) is 4.79 Å². The average molecular weight is 486 g/mol. The molecule has 11 heteroatoms. The number of nitrogens with two attached hydrogens (primary N) is 2. The van der Waals surface area contributed by atoms with Crippen LogP contribution in [-0.4, -0.2) is 52.7 Å². The SMILES string of the molecule is NC(N)=NCC[C@@H](C(=O)[C@@H](O)CCc1ccccc1)[C@H](NNC(=O)OCc1ccccc1)C(=O)O. The molecule has 0 radical (unpaired) electrons. The first kappa shape index (κ1) is 27.3. The molecule has 11 nitrogen and oxygen atoms in total. The third-order valence-corrected chi connectivity index (χ3v) is 5.19. The molecule has 0 aliphatic rings. The number of aryl methyl sites for hydroxylation is 1. The number of nitrogens with zero attached hydrogens (tertiary/aromatic N) is 1. The second-order valence-corrected chi connectivity index (χ2v) is 7.79. The number of aliphatic hydroxyl groups excluding tert-OH is 1. The number of Topliss-reactive ketones (excluding diaryl/α,β-unsaturated/α-hetero) is 1. The van der Waals surface area contributed by atoms with Gasteiger partial charge in [0.2, 0.25) is 0 Å². The summed E-state index contributed by atoms with van der Waals surface area (Å²) in [5.74, 6) is -3.57. The standard InChI is InChI=1S/C24H31N5O6/c25-23(26)27-14-13-18(21(31)19(30)12-11-16-7-3-1-4-8-16)20(22(32)33)28-29-24(34)35-15-17-9-5-2-6-10-17/h1-10,18-20,28,30H,11-15H2,(H,29,34)(H,32,33)(H4,25,26,27)/t18-,19+,20+/m1/s1. The summed E-state index contributed by atoms with van der Waals surface area (Å²) in [4.78, 5) is 40.9. The fourth-order valence-electron chi connectivity index (χ4n) is 3.37. The summed E-state index contributed by atoms with van der Waals surface area (Å²) < 4.78 is 5.05. The Morgan fingerprint density at radius 3 is 2.11 bits per heavy atom. The number of guanidine groups is 1. The number of carbonyl (C=O) groups excluding carboxylic acids is 2. The molecular weight excluding hydrogens is 454 g/mol. The van der Waals surface area contributed by atoms with Gasteiger partial charge < -0.3 is 26.4 Å². The van der Waals surface area contributed by atoms with Crippen LogP contribution >= 0.6 is 0 Å². The van der Waals surface area contributed by atoms with Gasteiger partial charge in [-0.2, -0.15) is 0 Å². The Morgan fingerprint density at radius 2 is 1.54 bits per heavy atom. The van der Waals surface area contributed by atoms with E-state index in [-0.39, 0.29) is 32.0 Å². The summed E-state index contributed by atoms with van der Waals surface area (Å²) in [5, 5.41) is 20.2. The number of aliphatic hydroxyl groups is 1. The van der Waals surface area contributed by atoms with Gasteiger partial charge in [-0.3, -0.25) is 20.0 Å². The van der Waals surface area contributed by atoms with Crippen LogP contribution in [-0.2, 0) is 27.4 Å². The second kappa shape index (κ2) is 14.3. The molecule has 0 fully saturated rings. The van der Waals surface area contributed by atoms with Crippen molar-refractivity contribution in [2.45, 2.75) is 38.0 Å². The Hall–Kier alpha value is -3.96. The maximum Gasteiger partial charge on any atom is 0.421 e. The number of hydrogen-bond acceptors (Lipinski definition) is 7. The molecule has 2 aromatic rings. The molecule has 3 atom stereocenters. The van der Waals surface area contributed by atoms with Crippen LogP contribution in [0.2, 0.25) is 0 Å². The summed E-state index contributed by atoms with van der Waals surface area (Å²) >= 11 is 0. The first-order chi connectivity index (χ1) is 16.8. The lowest BCUT2D eigenvalue weighted by Crippen LogP contribution is -2.55. The summed E-state index contributed by atoms with van der Waals surface area (Å²) in [6, 6.07) is 16.6. The maximum atomic E-state index is 13.0. The van der Waals surface area contributed by atoms with E-state index in [0.717, 1.165) is 11.1 Å². The van der Waals surface area contributed by atoms with Gasteiger partial charge in [0.15, 0.2) is 11.7 Å². The molecule has 0 spiro atoms. The van der Waals surface area contributed by atoms with E-state index in [1.807, 2.05) is 36.4 Å². The van der Waals surface area contributed by atoms with E-state index < -0.39 is 35.9 Å². The minimum atomic E-state index is -1.56.